The maximum absolute atomic E-state index is 14.9. The van der Waals surface area contributed by atoms with E-state index in [4.69, 9.17) is 9.57 Å². The minimum atomic E-state index is -0.647. The second-order valence-electron chi connectivity index (χ2n) is 7.89. The third-order valence-electron chi connectivity index (χ3n) is 5.45. The Kier molecular flexibility index (Phi) is 5.11. The molecular formula is C22H21F2N5O2. The summed E-state index contributed by atoms with van der Waals surface area (Å²) >= 11 is 0. The topological polar surface area (TPSA) is 64.8 Å². The molecule has 2 aliphatic heterocycles. The molecule has 0 radical (unpaired) electrons. The number of hydrogen-bond donors (Lipinski definition) is 0. The maximum Gasteiger partial charge on any atom is 0.152 e. The third-order valence-corrected chi connectivity index (χ3v) is 5.45. The van der Waals surface area contributed by atoms with Gasteiger partial charge in [-0.05, 0) is 36.9 Å². The third kappa shape index (κ3) is 4.13. The Bertz CT molecular complexity index is 1070. The normalized spacial score (nSPS) is 19.1. The predicted molar refractivity (Wildman–Crippen MR) is 110 cm³/mol. The highest BCUT2D eigenvalue weighted by atomic mass is 19.1. The summed E-state index contributed by atoms with van der Waals surface area (Å²) in [6.45, 7) is 2.21. The molecule has 3 aromatic rings. The van der Waals surface area contributed by atoms with Crippen molar-refractivity contribution in [2.75, 3.05) is 20.1 Å². The molecule has 5 rings (SSSR count). The maximum atomic E-state index is 14.9. The highest BCUT2D eigenvalue weighted by molar-refractivity contribution is 6.01. The number of halogens is 2. The van der Waals surface area contributed by atoms with Crippen molar-refractivity contribution in [3.63, 3.8) is 0 Å². The Hall–Kier alpha value is -3.33. The highest BCUT2D eigenvalue weighted by Gasteiger charge is 2.26. The molecule has 0 N–H and O–H groups in total. The second-order valence-corrected chi connectivity index (χ2v) is 7.89. The van der Waals surface area contributed by atoms with Gasteiger partial charge in [0.2, 0.25) is 0 Å². The largest absolute Gasteiger partial charge is 0.488 e. The molecule has 31 heavy (non-hydrogen) atoms. The van der Waals surface area contributed by atoms with Crippen LogP contribution in [-0.2, 0) is 11.4 Å². The van der Waals surface area contributed by atoms with E-state index in [0.717, 1.165) is 13.1 Å². The highest BCUT2D eigenvalue weighted by Crippen LogP contribution is 2.30. The van der Waals surface area contributed by atoms with Crippen LogP contribution in [-0.4, -0.2) is 58.0 Å². The van der Waals surface area contributed by atoms with Crippen LogP contribution in [0.3, 0.4) is 0 Å². The van der Waals surface area contributed by atoms with Crippen LogP contribution in [0.15, 0.2) is 53.9 Å². The number of hydrogen-bond acceptors (Lipinski definition) is 6. The average molecular weight is 425 g/mol. The van der Waals surface area contributed by atoms with E-state index in [9.17, 15) is 8.78 Å². The van der Waals surface area contributed by atoms with Gasteiger partial charge in [-0.1, -0.05) is 22.5 Å². The molecule has 7 nitrogen and oxygen atoms in total. The van der Waals surface area contributed by atoms with Gasteiger partial charge in [0.05, 0.1) is 24.0 Å². The smallest absolute Gasteiger partial charge is 0.152 e. The van der Waals surface area contributed by atoms with Crippen molar-refractivity contribution in [1.29, 1.82) is 0 Å². The van der Waals surface area contributed by atoms with Gasteiger partial charge < -0.3 is 9.57 Å². The summed E-state index contributed by atoms with van der Waals surface area (Å²) in [5.74, 6) is -0.603. The molecule has 1 aromatic heterocycles. The van der Waals surface area contributed by atoms with Gasteiger partial charge in [0.1, 0.15) is 23.5 Å². The Morgan fingerprint density at radius 2 is 1.84 bits per heavy atom. The fourth-order valence-corrected chi connectivity index (χ4v) is 3.86. The quantitative estimate of drug-likeness (QED) is 0.607. The molecule has 160 valence electrons. The van der Waals surface area contributed by atoms with Gasteiger partial charge in [-0.3, -0.25) is 4.90 Å². The number of likely N-dealkylation sites (tertiary alicyclic amines) is 1. The first-order valence-electron chi connectivity index (χ1n) is 10.1. The van der Waals surface area contributed by atoms with E-state index >= 15 is 0 Å². The van der Waals surface area contributed by atoms with E-state index in [2.05, 4.69) is 20.4 Å². The molecule has 9 heteroatoms. The number of nitrogens with zero attached hydrogens (tertiary/aromatic N) is 5. The minimum Gasteiger partial charge on any atom is -0.488 e. The lowest BCUT2D eigenvalue weighted by Crippen LogP contribution is -2.51. The molecule has 3 heterocycles. The monoisotopic (exact) mass is 425 g/mol. The molecule has 1 saturated heterocycles. The molecule has 0 unspecified atom stereocenters. The van der Waals surface area contributed by atoms with E-state index in [1.807, 2.05) is 7.05 Å². The number of benzene rings is 2. The van der Waals surface area contributed by atoms with E-state index in [1.165, 1.54) is 12.1 Å². The van der Waals surface area contributed by atoms with Crippen LogP contribution in [0, 0.1) is 11.6 Å². The standard InChI is InChI=1S/C22H21F2N5O2/c1-28-11-18(12-28)30-16-4-2-14(3-5-16)22-19(23)8-15(9-20(22)24)21-10-17(31-26-21)13-29-7-6-25-27-29/h2-9,17-18H,10-13H2,1H3/t17-/m1/s1. The van der Waals surface area contributed by atoms with Crippen LogP contribution in [0.2, 0.25) is 0 Å². The zero-order valence-electron chi connectivity index (χ0n) is 16.9. The van der Waals surface area contributed by atoms with Crippen LogP contribution >= 0.6 is 0 Å². The Labute approximate surface area is 177 Å². The molecule has 1 fully saturated rings. The van der Waals surface area contributed by atoms with Crippen LogP contribution in [0.5, 0.6) is 5.75 Å². The van der Waals surface area contributed by atoms with Crippen molar-refractivity contribution in [3.8, 4) is 16.9 Å². The summed E-state index contributed by atoms with van der Waals surface area (Å²) in [7, 11) is 2.03. The summed E-state index contributed by atoms with van der Waals surface area (Å²) in [6.07, 6.45) is 3.62. The van der Waals surface area contributed by atoms with Gasteiger partial charge in [-0.25, -0.2) is 13.5 Å². The molecule has 0 spiro atoms. The number of aromatic nitrogens is 3. The van der Waals surface area contributed by atoms with E-state index in [0.29, 0.717) is 35.6 Å². The lowest BCUT2D eigenvalue weighted by atomic mass is 9.98. The Morgan fingerprint density at radius 3 is 2.48 bits per heavy atom. The van der Waals surface area contributed by atoms with Crippen molar-refractivity contribution in [3.05, 3.63) is 66.0 Å². The summed E-state index contributed by atoms with van der Waals surface area (Å²) in [6, 6.07) is 9.42. The van der Waals surface area contributed by atoms with Gasteiger partial charge in [-0.15, -0.1) is 5.10 Å². The lowest BCUT2D eigenvalue weighted by molar-refractivity contribution is 0.0388. The van der Waals surface area contributed by atoms with Gasteiger partial charge in [-0.2, -0.15) is 0 Å². The van der Waals surface area contributed by atoms with Crippen molar-refractivity contribution in [1.82, 2.24) is 19.9 Å². The summed E-state index contributed by atoms with van der Waals surface area (Å²) in [5, 5.41) is 11.6. The van der Waals surface area contributed by atoms with Gasteiger partial charge in [0.15, 0.2) is 6.10 Å². The molecule has 2 aromatic carbocycles. The minimum absolute atomic E-state index is 0.0719. The van der Waals surface area contributed by atoms with Crippen LogP contribution in [0.25, 0.3) is 11.1 Å². The van der Waals surface area contributed by atoms with Gasteiger partial charge >= 0.3 is 0 Å². The van der Waals surface area contributed by atoms with Crippen LogP contribution < -0.4 is 4.74 Å². The number of rotatable bonds is 6. The SMILES string of the molecule is CN1CC(Oc2ccc(-c3c(F)cc(C4=NO[C@@H](Cn5ccnn5)C4)cc3F)cc2)C1. The number of ether oxygens (including phenoxy) is 1. The number of likely N-dealkylation sites (N-methyl/N-ethyl adjacent to an activating group) is 1. The van der Waals surface area contributed by atoms with Gasteiger partial charge in [0.25, 0.3) is 0 Å². The molecule has 0 aliphatic carbocycles. The fourth-order valence-electron chi connectivity index (χ4n) is 3.86. The first-order chi connectivity index (χ1) is 15.0. The molecule has 0 saturated carbocycles. The molecular weight excluding hydrogens is 404 g/mol. The Balaban J connectivity index is 1.29. The first kappa shape index (κ1) is 19.6. The Morgan fingerprint density at radius 1 is 1.10 bits per heavy atom. The molecule has 1 atom stereocenters. The van der Waals surface area contributed by atoms with Crippen molar-refractivity contribution < 1.29 is 18.4 Å². The molecule has 0 amide bonds. The predicted octanol–water partition coefficient (Wildman–Crippen LogP) is 3.11. The van der Waals surface area contributed by atoms with Crippen LogP contribution in [0.4, 0.5) is 8.78 Å². The molecule has 2 aliphatic rings. The van der Waals surface area contributed by atoms with E-state index in [1.54, 1.807) is 41.3 Å². The summed E-state index contributed by atoms with van der Waals surface area (Å²) in [4.78, 5) is 7.55. The second kappa shape index (κ2) is 8.07. The number of oxime groups is 1. The zero-order valence-corrected chi connectivity index (χ0v) is 16.9. The van der Waals surface area contributed by atoms with Gasteiger partial charge in [0, 0.05) is 31.3 Å². The summed E-state index contributed by atoms with van der Waals surface area (Å²) in [5.41, 5.74) is 1.25. The van der Waals surface area contributed by atoms with E-state index < -0.39 is 11.6 Å². The zero-order chi connectivity index (χ0) is 21.4. The fraction of sp³-hybridized carbons (Fsp3) is 0.318. The average Bonchev–Trinajstić information content (AvgIpc) is 3.40. The van der Waals surface area contributed by atoms with Crippen molar-refractivity contribution in [2.45, 2.75) is 25.2 Å². The van der Waals surface area contributed by atoms with E-state index in [-0.39, 0.29) is 17.8 Å². The molecule has 0 bridgehead atoms. The van der Waals surface area contributed by atoms with Crippen molar-refractivity contribution in [2.24, 2.45) is 5.16 Å². The first-order valence-corrected chi connectivity index (χ1v) is 10.1. The summed E-state index contributed by atoms with van der Waals surface area (Å²) < 4.78 is 37.2. The van der Waals surface area contributed by atoms with Crippen LogP contribution in [0.1, 0.15) is 12.0 Å². The van der Waals surface area contributed by atoms with Crippen molar-refractivity contribution >= 4 is 5.71 Å². The lowest BCUT2D eigenvalue weighted by Gasteiger charge is -2.36.